The van der Waals surface area contributed by atoms with Crippen LogP contribution in [0.15, 0.2) is 53.1 Å². The van der Waals surface area contributed by atoms with Gasteiger partial charge in [0.2, 0.25) is 0 Å². The number of rotatable bonds is 5. The standard InChI is InChI=1S/C21H21N3O4/c1-13-8-4-5-9-16(13)20(25)22-23-21(26)17-10-6-7-11-19(17)27-12-18-14(2)24-28-15(18)3/h4-11H,12H2,1-3H3,(H,22,25)(H,23,26). The molecule has 0 aliphatic rings. The second kappa shape index (κ2) is 8.39. The van der Waals surface area contributed by atoms with Gasteiger partial charge in [-0.1, -0.05) is 35.5 Å². The van der Waals surface area contributed by atoms with Crippen molar-refractivity contribution in [1.82, 2.24) is 16.0 Å². The van der Waals surface area contributed by atoms with E-state index in [4.69, 9.17) is 9.26 Å². The zero-order valence-corrected chi connectivity index (χ0v) is 15.9. The third kappa shape index (κ3) is 4.20. The number of benzene rings is 2. The quantitative estimate of drug-likeness (QED) is 0.664. The van der Waals surface area contributed by atoms with Crippen molar-refractivity contribution in [2.45, 2.75) is 27.4 Å². The molecule has 0 aliphatic heterocycles. The predicted molar refractivity (Wildman–Crippen MR) is 103 cm³/mol. The zero-order chi connectivity index (χ0) is 20.1. The molecule has 0 aliphatic carbocycles. The Hall–Kier alpha value is -3.61. The largest absolute Gasteiger partial charge is 0.488 e. The van der Waals surface area contributed by atoms with Gasteiger partial charge in [0, 0.05) is 5.56 Å². The van der Waals surface area contributed by atoms with Crippen LogP contribution in [0.5, 0.6) is 5.75 Å². The number of aryl methyl sites for hydroxylation is 3. The molecule has 2 amide bonds. The van der Waals surface area contributed by atoms with E-state index in [1.54, 1.807) is 43.3 Å². The van der Waals surface area contributed by atoms with Crippen molar-refractivity contribution in [2.75, 3.05) is 0 Å². The number of nitrogens with zero attached hydrogens (tertiary/aromatic N) is 1. The number of hydrazine groups is 1. The van der Waals surface area contributed by atoms with E-state index in [0.29, 0.717) is 22.6 Å². The van der Waals surface area contributed by atoms with Gasteiger partial charge in [0.15, 0.2) is 0 Å². The number of aromatic nitrogens is 1. The van der Waals surface area contributed by atoms with Crippen LogP contribution in [0.25, 0.3) is 0 Å². The van der Waals surface area contributed by atoms with Crippen LogP contribution in [0.1, 0.15) is 43.3 Å². The molecule has 0 saturated heterocycles. The van der Waals surface area contributed by atoms with Crippen LogP contribution in [0, 0.1) is 20.8 Å². The molecule has 0 spiro atoms. The summed E-state index contributed by atoms with van der Waals surface area (Å²) in [5, 5.41) is 3.89. The molecule has 1 heterocycles. The third-order valence-corrected chi connectivity index (χ3v) is 4.36. The van der Waals surface area contributed by atoms with Crippen LogP contribution in [0.3, 0.4) is 0 Å². The van der Waals surface area contributed by atoms with Crippen molar-refractivity contribution >= 4 is 11.8 Å². The molecule has 3 aromatic rings. The van der Waals surface area contributed by atoms with Crippen LogP contribution in [-0.4, -0.2) is 17.0 Å². The van der Waals surface area contributed by atoms with Crippen molar-refractivity contribution in [1.29, 1.82) is 0 Å². The molecule has 7 heteroatoms. The number of nitrogens with one attached hydrogen (secondary N) is 2. The lowest BCUT2D eigenvalue weighted by molar-refractivity contribution is 0.0843. The molecule has 0 radical (unpaired) electrons. The van der Waals surface area contributed by atoms with Crippen LogP contribution < -0.4 is 15.6 Å². The first kappa shape index (κ1) is 19.2. The molecule has 0 unspecified atom stereocenters. The number of amides is 2. The highest BCUT2D eigenvalue weighted by Crippen LogP contribution is 2.21. The summed E-state index contributed by atoms with van der Waals surface area (Å²) in [6.45, 7) is 5.68. The maximum atomic E-state index is 12.5. The van der Waals surface area contributed by atoms with Crippen molar-refractivity contribution in [3.8, 4) is 5.75 Å². The number of para-hydroxylation sites is 1. The maximum Gasteiger partial charge on any atom is 0.273 e. The van der Waals surface area contributed by atoms with Crippen molar-refractivity contribution < 1.29 is 18.8 Å². The lowest BCUT2D eigenvalue weighted by atomic mass is 10.1. The summed E-state index contributed by atoms with van der Waals surface area (Å²) in [5.41, 5.74) is 8.06. The number of carbonyl (C=O) groups is 2. The van der Waals surface area contributed by atoms with Crippen LogP contribution in [0.4, 0.5) is 0 Å². The highest BCUT2D eigenvalue weighted by molar-refractivity contribution is 6.00. The number of carbonyl (C=O) groups excluding carboxylic acids is 2. The first-order chi connectivity index (χ1) is 13.5. The topological polar surface area (TPSA) is 93.5 Å². The fourth-order valence-electron chi connectivity index (χ4n) is 2.71. The molecule has 28 heavy (non-hydrogen) atoms. The molecule has 3 rings (SSSR count). The Morgan fingerprint density at radius 2 is 1.54 bits per heavy atom. The van der Waals surface area contributed by atoms with E-state index in [2.05, 4.69) is 16.0 Å². The van der Waals surface area contributed by atoms with Gasteiger partial charge in [0.1, 0.15) is 18.1 Å². The first-order valence-electron chi connectivity index (χ1n) is 8.77. The number of ether oxygens (including phenoxy) is 1. The first-order valence-corrected chi connectivity index (χ1v) is 8.77. The van der Waals surface area contributed by atoms with E-state index in [9.17, 15) is 9.59 Å². The Morgan fingerprint density at radius 1 is 0.929 bits per heavy atom. The van der Waals surface area contributed by atoms with Gasteiger partial charge in [-0.2, -0.15) is 0 Å². The average Bonchev–Trinajstić information content (AvgIpc) is 3.02. The van der Waals surface area contributed by atoms with Gasteiger partial charge in [-0.05, 0) is 44.5 Å². The summed E-state index contributed by atoms with van der Waals surface area (Å²) >= 11 is 0. The Morgan fingerprint density at radius 3 is 2.18 bits per heavy atom. The lowest BCUT2D eigenvalue weighted by Crippen LogP contribution is -2.42. The van der Waals surface area contributed by atoms with Crippen molar-refractivity contribution in [3.05, 3.63) is 82.2 Å². The van der Waals surface area contributed by atoms with Gasteiger partial charge < -0.3 is 9.26 Å². The minimum absolute atomic E-state index is 0.223. The molecular weight excluding hydrogens is 358 g/mol. The molecule has 0 bridgehead atoms. The van der Waals surface area contributed by atoms with E-state index in [-0.39, 0.29) is 12.5 Å². The van der Waals surface area contributed by atoms with Crippen LogP contribution in [0.2, 0.25) is 0 Å². The van der Waals surface area contributed by atoms with Gasteiger partial charge in [0.25, 0.3) is 11.8 Å². The Kier molecular flexibility index (Phi) is 5.74. The summed E-state index contributed by atoms with van der Waals surface area (Å²) in [4.78, 5) is 24.8. The summed E-state index contributed by atoms with van der Waals surface area (Å²) < 4.78 is 10.9. The minimum atomic E-state index is -0.476. The summed E-state index contributed by atoms with van der Waals surface area (Å²) in [5.74, 6) is 0.201. The van der Waals surface area contributed by atoms with Gasteiger partial charge in [-0.15, -0.1) is 0 Å². The van der Waals surface area contributed by atoms with Crippen molar-refractivity contribution in [2.24, 2.45) is 0 Å². The van der Waals surface area contributed by atoms with E-state index >= 15 is 0 Å². The highest BCUT2D eigenvalue weighted by atomic mass is 16.5. The second-order valence-corrected chi connectivity index (χ2v) is 6.31. The molecule has 2 aromatic carbocycles. The summed E-state index contributed by atoms with van der Waals surface area (Å²) in [6.07, 6.45) is 0. The summed E-state index contributed by atoms with van der Waals surface area (Å²) in [7, 11) is 0. The second-order valence-electron chi connectivity index (χ2n) is 6.31. The monoisotopic (exact) mass is 379 g/mol. The Bertz CT molecular complexity index is 991. The summed E-state index contributed by atoms with van der Waals surface area (Å²) in [6, 6.07) is 13.9. The van der Waals surface area contributed by atoms with E-state index < -0.39 is 5.91 Å². The maximum absolute atomic E-state index is 12.5. The smallest absolute Gasteiger partial charge is 0.273 e. The molecule has 0 fully saturated rings. The Balaban J connectivity index is 1.67. The normalized spacial score (nSPS) is 10.4. The van der Waals surface area contributed by atoms with Crippen LogP contribution in [-0.2, 0) is 6.61 Å². The fraction of sp³-hybridized carbons (Fsp3) is 0.190. The lowest BCUT2D eigenvalue weighted by Gasteiger charge is -2.13. The Labute approximate surface area is 162 Å². The van der Waals surface area contributed by atoms with Gasteiger partial charge >= 0.3 is 0 Å². The zero-order valence-electron chi connectivity index (χ0n) is 15.9. The van der Waals surface area contributed by atoms with Crippen LogP contribution >= 0.6 is 0 Å². The third-order valence-electron chi connectivity index (χ3n) is 4.36. The highest BCUT2D eigenvalue weighted by Gasteiger charge is 2.16. The van der Waals surface area contributed by atoms with Gasteiger partial charge in [-0.25, -0.2) is 0 Å². The molecule has 2 N–H and O–H groups in total. The van der Waals surface area contributed by atoms with Crippen molar-refractivity contribution in [3.63, 3.8) is 0 Å². The fourth-order valence-corrected chi connectivity index (χ4v) is 2.71. The van der Waals surface area contributed by atoms with Gasteiger partial charge in [-0.3, -0.25) is 20.4 Å². The minimum Gasteiger partial charge on any atom is -0.488 e. The van der Waals surface area contributed by atoms with E-state index in [1.807, 2.05) is 26.0 Å². The molecule has 144 valence electrons. The molecule has 0 atom stereocenters. The van der Waals surface area contributed by atoms with Gasteiger partial charge in [0.05, 0.1) is 16.8 Å². The number of hydrogen-bond acceptors (Lipinski definition) is 5. The average molecular weight is 379 g/mol. The molecule has 1 aromatic heterocycles. The SMILES string of the molecule is Cc1ccccc1C(=O)NNC(=O)c1ccccc1OCc1c(C)noc1C. The molecule has 7 nitrogen and oxygen atoms in total. The van der Waals surface area contributed by atoms with E-state index in [0.717, 1.165) is 16.8 Å². The number of hydrogen-bond donors (Lipinski definition) is 2. The molecule has 0 saturated carbocycles. The van der Waals surface area contributed by atoms with E-state index in [1.165, 1.54) is 0 Å². The molecular formula is C21H21N3O4. The predicted octanol–water partition coefficient (Wildman–Crippen LogP) is 3.25.